The topological polar surface area (TPSA) is 98.5 Å². The number of esters is 1. The molecule has 2 aromatic rings. The minimum atomic E-state index is -0.727. The van der Waals surface area contributed by atoms with Gasteiger partial charge in [-0.15, -0.1) is 0 Å². The van der Waals surface area contributed by atoms with Gasteiger partial charge in [-0.25, -0.2) is 0 Å². The quantitative estimate of drug-likeness (QED) is 0.451. The lowest BCUT2D eigenvalue weighted by Gasteiger charge is -2.19. The Hall–Kier alpha value is -2.93. The van der Waals surface area contributed by atoms with Gasteiger partial charge >= 0.3 is 5.97 Å². The SMILES string of the molecule is CCOC(=O)CC(NC(=O)c1cccc([N+](=O)[O-])c1)c1ccccc1Cl. The van der Waals surface area contributed by atoms with Crippen LogP contribution in [0, 0.1) is 10.1 Å². The minimum Gasteiger partial charge on any atom is -0.466 e. The van der Waals surface area contributed by atoms with E-state index in [4.69, 9.17) is 16.3 Å². The number of rotatable bonds is 7. The number of ether oxygens (including phenoxy) is 1. The summed E-state index contributed by atoms with van der Waals surface area (Å²) >= 11 is 6.18. The Labute approximate surface area is 155 Å². The first-order chi connectivity index (χ1) is 12.4. The fourth-order valence-corrected chi connectivity index (χ4v) is 2.65. The van der Waals surface area contributed by atoms with Crippen LogP contribution < -0.4 is 5.32 Å². The molecule has 0 radical (unpaired) electrons. The maximum atomic E-state index is 12.5. The normalized spacial score (nSPS) is 11.5. The molecule has 136 valence electrons. The number of halogens is 1. The molecule has 2 aromatic carbocycles. The third-order valence-corrected chi connectivity index (χ3v) is 3.93. The Bertz CT molecular complexity index is 825. The van der Waals surface area contributed by atoms with Crippen molar-refractivity contribution in [3.63, 3.8) is 0 Å². The highest BCUT2D eigenvalue weighted by atomic mass is 35.5. The van der Waals surface area contributed by atoms with Crippen LogP contribution in [0.2, 0.25) is 5.02 Å². The van der Waals surface area contributed by atoms with Crippen molar-refractivity contribution in [1.82, 2.24) is 5.32 Å². The second kappa shape index (κ2) is 8.96. The third kappa shape index (κ3) is 5.03. The van der Waals surface area contributed by atoms with Crippen LogP contribution >= 0.6 is 11.6 Å². The fourth-order valence-electron chi connectivity index (χ4n) is 2.39. The smallest absolute Gasteiger partial charge is 0.308 e. The van der Waals surface area contributed by atoms with Gasteiger partial charge in [0.05, 0.1) is 24.0 Å². The molecule has 1 unspecified atom stereocenters. The minimum absolute atomic E-state index is 0.111. The van der Waals surface area contributed by atoms with E-state index in [9.17, 15) is 19.7 Å². The molecule has 2 rings (SSSR count). The standard InChI is InChI=1S/C18H17ClN2O5/c1-2-26-17(22)11-16(14-8-3-4-9-15(14)19)20-18(23)12-6-5-7-13(10-12)21(24)25/h3-10,16H,2,11H2,1H3,(H,20,23). The van der Waals surface area contributed by atoms with E-state index in [1.807, 2.05) is 0 Å². The lowest BCUT2D eigenvalue weighted by Crippen LogP contribution is -2.31. The zero-order chi connectivity index (χ0) is 19.1. The summed E-state index contributed by atoms with van der Waals surface area (Å²) in [5.41, 5.74) is 0.471. The summed E-state index contributed by atoms with van der Waals surface area (Å²) in [5, 5.41) is 14.0. The van der Waals surface area contributed by atoms with Crippen molar-refractivity contribution < 1.29 is 19.2 Å². The van der Waals surface area contributed by atoms with Crippen molar-refractivity contribution >= 4 is 29.2 Å². The summed E-state index contributed by atoms with van der Waals surface area (Å²) in [7, 11) is 0. The van der Waals surface area contributed by atoms with Gasteiger partial charge in [0, 0.05) is 22.7 Å². The second-order valence-corrected chi connectivity index (χ2v) is 5.77. The van der Waals surface area contributed by atoms with Gasteiger partial charge in [0.1, 0.15) is 0 Å². The van der Waals surface area contributed by atoms with Crippen LogP contribution in [-0.4, -0.2) is 23.4 Å². The van der Waals surface area contributed by atoms with E-state index < -0.39 is 22.8 Å². The summed E-state index contributed by atoms with van der Waals surface area (Å²) in [4.78, 5) is 34.7. The molecule has 1 amide bonds. The van der Waals surface area contributed by atoms with Crippen molar-refractivity contribution in [2.24, 2.45) is 0 Å². The molecule has 0 spiro atoms. The van der Waals surface area contributed by atoms with E-state index in [-0.39, 0.29) is 24.3 Å². The summed E-state index contributed by atoms with van der Waals surface area (Å²) in [6.07, 6.45) is -0.113. The molecule has 0 bridgehead atoms. The van der Waals surface area contributed by atoms with Gasteiger partial charge < -0.3 is 10.1 Å². The zero-order valence-electron chi connectivity index (χ0n) is 14.0. The van der Waals surface area contributed by atoms with E-state index >= 15 is 0 Å². The largest absolute Gasteiger partial charge is 0.466 e. The fraction of sp³-hybridized carbons (Fsp3) is 0.222. The number of non-ortho nitro benzene ring substituents is 1. The van der Waals surface area contributed by atoms with E-state index in [2.05, 4.69) is 5.32 Å². The van der Waals surface area contributed by atoms with Gasteiger partial charge in [0.25, 0.3) is 11.6 Å². The highest BCUT2D eigenvalue weighted by Crippen LogP contribution is 2.26. The number of carbonyl (C=O) groups excluding carboxylic acids is 2. The first-order valence-electron chi connectivity index (χ1n) is 7.87. The van der Waals surface area contributed by atoms with Crippen molar-refractivity contribution in [3.8, 4) is 0 Å². The summed E-state index contributed by atoms with van der Waals surface area (Å²) in [6, 6.07) is 11.4. The second-order valence-electron chi connectivity index (χ2n) is 5.36. The van der Waals surface area contributed by atoms with Gasteiger partial charge in [0.2, 0.25) is 0 Å². The first-order valence-corrected chi connectivity index (χ1v) is 8.25. The Balaban J connectivity index is 2.27. The van der Waals surface area contributed by atoms with Crippen molar-refractivity contribution in [1.29, 1.82) is 0 Å². The third-order valence-electron chi connectivity index (χ3n) is 3.58. The highest BCUT2D eigenvalue weighted by molar-refractivity contribution is 6.31. The summed E-state index contributed by atoms with van der Waals surface area (Å²) < 4.78 is 4.95. The molecule has 1 N–H and O–H groups in total. The van der Waals surface area contributed by atoms with Crippen LogP contribution in [0.25, 0.3) is 0 Å². The Kier molecular flexibility index (Phi) is 6.68. The number of nitro benzene ring substituents is 1. The van der Waals surface area contributed by atoms with Crippen molar-refractivity contribution in [3.05, 3.63) is 74.8 Å². The van der Waals surface area contributed by atoms with E-state index in [1.54, 1.807) is 31.2 Å². The monoisotopic (exact) mass is 376 g/mol. The van der Waals surface area contributed by atoms with Gasteiger partial charge in [-0.05, 0) is 24.6 Å². The Morgan fingerprint density at radius 3 is 2.62 bits per heavy atom. The molecule has 8 heteroatoms. The number of hydrogen-bond donors (Lipinski definition) is 1. The molecule has 7 nitrogen and oxygen atoms in total. The molecule has 0 aliphatic carbocycles. The van der Waals surface area contributed by atoms with Crippen LogP contribution in [0.4, 0.5) is 5.69 Å². The molecule has 0 aliphatic heterocycles. The summed E-state index contributed by atoms with van der Waals surface area (Å²) in [6.45, 7) is 1.90. The number of nitro groups is 1. The van der Waals surface area contributed by atoms with Gasteiger partial charge in [0.15, 0.2) is 0 Å². The molecular formula is C18H17ClN2O5. The Morgan fingerprint density at radius 2 is 1.96 bits per heavy atom. The molecule has 0 fully saturated rings. The molecular weight excluding hydrogens is 360 g/mol. The van der Waals surface area contributed by atoms with Crippen molar-refractivity contribution in [2.45, 2.75) is 19.4 Å². The van der Waals surface area contributed by atoms with Gasteiger partial charge in [-0.3, -0.25) is 19.7 Å². The van der Waals surface area contributed by atoms with E-state index in [0.29, 0.717) is 10.6 Å². The average molecular weight is 377 g/mol. The maximum Gasteiger partial charge on any atom is 0.308 e. The van der Waals surface area contributed by atoms with Crippen LogP contribution in [-0.2, 0) is 9.53 Å². The first kappa shape index (κ1) is 19.4. The maximum absolute atomic E-state index is 12.5. The number of nitrogens with one attached hydrogen (secondary N) is 1. The van der Waals surface area contributed by atoms with Crippen LogP contribution in [0.1, 0.15) is 35.3 Å². The average Bonchev–Trinajstić information content (AvgIpc) is 2.62. The molecule has 1 atom stereocenters. The number of amides is 1. The predicted octanol–water partition coefficient (Wildman–Crippen LogP) is 3.67. The molecule has 0 saturated heterocycles. The van der Waals surface area contributed by atoms with Crippen LogP contribution in [0.5, 0.6) is 0 Å². The van der Waals surface area contributed by atoms with E-state index in [0.717, 1.165) is 0 Å². The molecule has 0 aromatic heterocycles. The molecule has 26 heavy (non-hydrogen) atoms. The number of benzene rings is 2. The van der Waals surface area contributed by atoms with Crippen LogP contribution in [0.3, 0.4) is 0 Å². The molecule has 0 heterocycles. The van der Waals surface area contributed by atoms with Crippen molar-refractivity contribution in [2.75, 3.05) is 6.61 Å². The zero-order valence-corrected chi connectivity index (χ0v) is 14.7. The van der Waals surface area contributed by atoms with Gasteiger partial charge in [-0.1, -0.05) is 35.9 Å². The highest BCUT2D eigenvalue weighted by Gasteiger charge is 2.22. The lowest BCUT2D eigenvalue weighted by molar-refractivity contribution is -0.384. The lowest BCUT2D eigenvalue weighted by atomic mass is 10.0. The van der Waals surface area contributed by atoms with Crippen LogP contribution in [0.15, 0.2) is 48.5 Å². The predicted molar refractivity (Wildman–Crippen MR) is 96.0 cm³/mol. The Morgan fingerprint density at radius 1 is 1.23 bits per heavy atom. The van der Waals surface area contributed by atoms with Gasteiger partial charge in [-0.2, -0.15) is 0 Å². The molecule has 0 aliphatic rings. The number of hydrogen-bond acceptors (Lipinski definition) is 5. The van der Waals surface area contributed by atoms with E-state index in [1.165, 1.54) is 24.3 Å². The number of carbonyl (C=O) groups is 2. The molecule has 0 saturated carbocycles. The summed E-state index contributed by atoms with van der Waals surface area (Å²) in [5.74, 6) is -1.04. The number of nitrogens with zero attached hydrogens (tertiary/aromatic N) is 1.